The summed E-state index contributed by atoms with van der Waals surface area (Å²) >= 11 is 0. The minimum Gasteiger partial charge on any atom is -0.356 e. The number of benzene rings is 1. The summed E-state index contributed by atoms with van der Waals surface area (Å²) in [5.74, 6) is 0.582. The van der Waals surface area contributed by atoms with Crippen LogP contribution in [0.25, 0.3) is 11.3 Å². The normalized spacial score (nSPS) is 9.85. The van der Waals surface area contributed by atoms with Crippen LogP contribution in [0.5, 0.6) is 0 Å². The Bertz CT molecular complexity index is 406. The molecule has 63 valence electrons. The van der Waals surface area contributed by atoms with E-state index in [1.54, 1.807) is 12.4 Å². The highest BCUT2D eigenvalue weighted by Gasteiger charge is 2.04. The minimum atomic E-state index is 0.193. The van der Waals surface area contributed by atoms with Crippen LogP contribution in [0.4, 0.5) is 0 Å². The Morgan fingerprint density at radius 1 is 1.23 bits per heavy atom. The lowest BCUT2D eigenvalue weighted by molar-refractivity contribution is 0.429. The van der Waals surface area contributed by atoms with Crippen LogP contribution < -0.4 is 0 Å². The molecular formula is C10H6NO2. The van der Waals surface area contributed by atoms with Gasteiger partial charge in [0.1, 0.15) is 0 Å². The lowest BCUT2D eigenvalue weighted by atomic mass is 10.2. The maximum absolute atomic E-state index is 10.2. The molecule has 0 atom stereocenters. The van der Waals surface area contributed by atoms with Gasteiger partial charge in [0.25, 0.3) is 6.29 Å². The van der Waals surface area contributed by atoms with Crippen LogP contribution in [-0.2, 0) is 4.79 Å². The Labute approximate surface area is 75.0 Å². The van der Waals surface area contributed by atoms with Crippen LogP contribution in [0, 0.1) is 0 Å². The average Bonchev–Trinajstić information content (AvgIpc) is 2.67. The van der Waals surface area contributed by atoms with E-state index in [9.17, 15) is 4.79 Å². The van der Waals surface area contributed by atoms with Crippen LogP contribution in [-0.4, -0.2) is 11.4 Å². The molecular weight excluding hydrogens is 166 g/mol. The molecule has 1 aromatic heterocycles. The van der Waals surface area contributed by atoms with E-state index in [1.807, 2.05) is 30.3 Å². The van der Waals surface area contributed by atoms with Crippen molar-refractivity contribution in [3.63, 3.8) is 0 Å². The topological polar surface area (TPSA) is 43.1 Å². The molecule has 0 unspecified atom stereocenters. The molecule has 1 heterocycles. The number of nitrogens with zero attached hydrogens (tertiary/aromatic N) is 1. The zero-order chi connectivity index (χ0) is 9.10. The van der Waals surface area contributed by atoms with Crippen LogP contribution in [0.3, 0.4) is 0 Å². The van der Waals surface area contributed by atoms with Crippen LogP contribution >= 0.6 is 0 Å². The maximum Gasteiger partial charge on any atom is 0.257 e. The summed E-state index contributed by atoms with van der Waals surface area (Å²) in [6, 6.07) is 11.0. The van der Waals surface area contributed by atoms with Gasteiger partial charge in [-0.05, 0) is 0 Å². The van der Waals surface area contributed by atoms with Gasteiger partial charge in [0.15, 0.2) is 11.5 Å². The van der Waals surface area contributed by atoms with Crippen molar-refractivity contribution in [1.29, 1.82) is 0 Å². The number of rotatable bonds is 2. The summed E-state index contributed by atoms with van der Waals surface area (Å²) in [7, 11) is 0. The Morgan fingerprint density at radius 3 is 2.62 bits per heavy atom. The largest absolute Gasteiger partial charge is 0.356 e. The molecule has 0 fully saturated rings. The monoisotopic (exact) mass is 172 g/mol. The zero-order valence-electron chi connectivity index (χ0n) is 6.73. The minimum absolute atomic E-state index is 0.193. The van der Waals surface area contributed by atoms with Gasteiger partial charge in [-0.15, -0.1) is 0 Å². The van der Waals surface area contributed by atoms with Crippen molar-refractivity contribution in [2.45, 2.75) is 0 Å². The molecule has 0 bridgehead atoms. The predicted octanol–water partition coefficient (Wildman–Crippen LogP) is 1.80. The third-order valence-electron chi connectivity index (χ3n) is 1.67. The van der Waals surface area contributed by atoms with E-state index >= 15 is 0 Å². The summed E-state index contributed by atoms with van der Waals surface area (Å²) in [6.45, 7) is 0. The smallest absolute Gasteiger partial charge is 0.257 e. The molecule has 13 heavy (non-hydrogen) atoms. The van der Waals surface area contributed by atoms with E-state index in [0.717, 1.165) is 5.56 Å². The molecule has 0 N–H and O–H groups in total. The standard InChI is InChI=1S/C10H6NO2/c12-7-9-6-10(13-11-9)8-4-2-1-3-5-8/h1-6H. The first-order valence-electron chi connectivity index (χ1n) is 3.80. The van der Waals surface area contributed by atoms with E-state index in [1.165, 1.54) is 0 Å². The maximum atomic E-state index is 10.2. The fourth-order valence-electron chi connectivity index (χ4n) is 1.06. The van der Waals surface area contributed by atoms with Crippen molar-refractivity contribution in [3.05, 3.63) is 42.1 Å². The molecule has 3 nitrogen and oxygen atoms in total. The highest BCUT2D eigenvalue weighted by Crippen LogP contribution is 2.18. The summed E-state index contributed by atoms with van der Waals surface area (Å²) in [5, 5.41) is 3.51. The summed E-state index contributed by atoms with van der Waals surface area (Å²) in [5.41, 5.74) is 1.09. The summed E-state index contributed by atoms with van der Waals surface area (Å²) < 4.78 is 4.93. The van der Waals surface area contributed by atoms with Gasteiger partial charge in [-0.3, -0.25) is 4.79 Å². The van der Waals surface area contributed by atoms with E-state index in [0.29, 0.717) is 5.76 Å². The first-order valence-corrected chi connectivity index (χ1v) is 3.80. The molecule has 1 aromatic carbocycles. The fraction of sp³-hybridized carbons (Fsp3) is 0. The quantitative estimate of drug-likeness (QED) is 0.693. The van der Waals surface area contributed by atoms with Gasteiger partial charge < -0.3 is 4.52 Å². The van der Waals surface area contributed by atoms with Gasteiger partial charge >= 0.3 is 0 Å². The second-order valence-electron chi connectivity index (χ2n) is 2.54. The second-order valence-corrected chi connectivity index (χ2v) is 2.54. The van der Waals surface area contributed by atoms with Crippen molar-refractivity contribution < 1.29 is 9.32 Å². The lowest BCUT2D eigenvalue weighted by Gasteiger charge is -1.90. The first kappa shape index (κ1) is 7.73. The van der Waals surface area contributed by atoms with Crippen molar-refractivity contribution >= 4 is 6.29 Å². The van der Waals surface area contributed by atoms with Gasteiger partial charge in [0.2, 0.25) is 0 Å². The Balaban J connectivity index is 2.41. The fourth-order valence-corrected chi connectivity index (χ4v) is 1.06. The molecule has 2 aromatic rings. The SMILES string of the molecule is O=[C]c1cc(-c2ccccc2)on1. The van der Waals surface area contributed by atoms with Gasteiger partial charge in [-0.25, -0.2) is 0 Å². The Hall–Kier alpha value is -1.90. The zero-order valence-corrected chi connectivity index (χ0v) is 6.73. The molecule has 2 rings (SSSR count). The highest BCUT2D eigenvalue weighted by molar-refractivity contribution is 5.74. The van der Waals surface area contributed by atoms with E-state index in [2.05, 4.69) is 5.16 Å². The van der Waals surface area contributed by atoms with Gasteiger partial charge in [0, 0.05) is 11.6 Å². The predicted molar refractivity (Wildman–Crippen MR) is 46.7 cm³/mol. The molecule has 0 aliphatic rings. The molecule has 0 saturated carbocycles. The summed E-state index contributed by atoms with van der Waals surface area (Å²) in [6.07, 6.45) is 1.66. The number of hydrogen-bond donors (Lipinski definition) is 0. The van der Waals surface area contributed by atoms with Crippen molar-refractivity contribution in [1.82, 2.24) is 5.16 Å². The van der Waals surface area contributed by atoms with Gasteiger partial charge in [0.05, 0.1) is 0 Å². The van der Waals surface area contributed by atoms with Crippen molar-refractivity contribution in [2.24, 2.45) is 0 Å². The third-order valence-corrected chi connectivity index (χ3v) is 1.67. The molecule has 0 aliphatic carbocycles. The molecule has 0 spiro atoms. The van der Waals surface area contributed by atoms with Gasteiger partial charge in [-0.2, -0.15) is 0 Å². The first-order chi connectivity index (χ1) is 6.40. The number of aromatic nitrogens is 1. The van der Waals surface area contributed by atoms with E-state index < -0.39 is 0 Å². The molecule has 0 amide bonds. The average molecular weight is 172 g/mol. The van der Waals surface area contributed by atoms with Gasteiger partial charge in [-0.1, -0.05) is 35.5 Å². The lowest BCUT2D eigenvalue weighted by Crippen LogP contribution is -1.74. The van der Waals surface area contributed by atoms with E-state index in [-0.39, 0.29) is 5.69 Å². The molecule has 0 saturated heterocycles. The van der Waals surface area contributed by atoms with Crippen molar-refractivity contribution in [3.8, 4) is 11.3 Å². The van der Waals surface area contributed by atoms with Crippen LogP contribution in [0.2, 0.25) is 0 Å². The van der Waals surface area contributed by atoms with Crippen molar-refractivity contribution in [2.75, 3.05) is 0 Å². The Morgan fingerprint density at radius 2 is 2.00 bits per heavy atom. The van der Waals surface area contributed by atoms with Crippen LogP contribution in [0.15, 0.2) is 40.9 Å². The number of hydrogen-bond acceptors (Lipinski definition) is 3. The molecule has 0 aliphatic heterocycles. The summed E-state index contributed by atoms with van der Waals surface area (Å²) in [4.78, 5) is 10.2. The third kappa shape index (κ3) is 1.49. The van der Waals surface area contributed by atoms with E-state index in [4.69, 9.17) is 4.52 Å². The highest BCUT2D eigenvalue weighted by atomic mass is 16.5. The molecule has 1 radical (unpaired) electrons. The molecule has 3 heteroatoms. The Kier molecular flexibility index (Phi) is 1.92. The van der Waals surface area contributed by atoms with Crippen LogP contribution in [0.1, 0.15) is 5.69 Å². The number of carbonyl (C=O) groups excluding carboxylic acids is 1. The second kappa shape index (κ2) is 3.23.